The van der Waals surface area contributed by atoms with Crippen molar-refractivity contribution in [3.05, 3.63) is 29.7 Å². The van der Waals surface area contributed by atoms with Crippen LogP contribution in [0.3, 0.4) is 0 Å². The van der Waals surface area contributed by atoms with Gasteiger partial charge in [0.1, 0.15) is 11.4 Å². The number of sulfonamides is 1. The Morgan fingerprint density at radius 1 is 1.26 bits per heavy atom. The second-order valence-electron chi connectivity index (χ2n) is 7.02. The molecule has 2 N–H and O–H groups in total. The summed E-state index contributed by atoms with van der Waals surface area (Å²) in [7, 11) is -2.19. The van der Waals surface area contributed by atoms with Crippen molar-refractivity contribution in [1.29, 1.82) is 0 Å². The number of hydrogen-bond donors (Lipinski definition) is 2. The predicted molar refractivity (Wildman–Crippen MR) is 104 cm³/mol. The van der Waals surface area contributed by atoms with Crippen LogP contribution in [-0.4, -0.2) is 45.9 Å². The van der Waals surface area contributed by atoms with Gasteiger partial charge in [0.2, 0.25) is 0 Å². The lowest BCUT2D eigenvalue weighted by Crippen LogP contribution is -2.54. The Kier molecular flexibility index (Phi) is 5.34. The summed E-state index contributed by atoms with van der Waals surface area (Å²) < 4.78 is 38.7. The Bertz CT molecular complexity index is 896. The van der Waals surface area contributed by atoms with E-state index in [1.54, 1.807) is 39.2 Å². The van der Waals surface area contributed by atoms with Crippen LogP contribution in [0.1, 0.15) is 25.3 Å². The van der Waals surface area contributed by atoms with Crippen LogP contribution in [0, 0.1) is 13.8 Å². The van der Waals surface area contributed by atoms with Crippen LogP contribution < -0.4 is 19.7 Å². The predicted octanol–water partition coefficient (Wildman–Crippen LogP) is 2.29. The van der Waals surface area contributed by atoms with Gasteiger partial charge in [0, 0.05) is 25.2 Å². The number of methoxy groups -OCH3 is 1. The Hall–Kier alpha value is -2.26. The van der Waals surface area contributed by atoms with Gasteiger partial charge in [0.25, 0.3) is 10.0 Å². The van der Waals surface area contributed by atoms with E-state index < -0.39 is 10.0 Å². The molecule has 0 amide bonds. The zero-order valence-corrected chi connectivity index (χ0v) is 17.1. The van der Waals surface area contributed by atoms with Gasteiger partial charge in [0.05, 0.1) is 18.5 Å². The van der Waals surface area contributed by atoms with Crippen molar-refractivity contribution in [2.24, 2.45) is 0 Å². The smallest absolute Gasteiger partial charge is 0.267 e. The van der Waals surface area contributed by atoms with Gasteiger partial charge in [-0.05, 0) is 45.9 Å². The largest absolute Gasteiger partial charge is 0.495 e. The number of nitrogens with zero attached hydrogens (tertiary/aromatic N) is 2. The van der Waals surface area contributed by atoms with Crippen LogP contribution in [0.25, 0.3) is 0 Å². The molecular weight excluding hydrogens is 368 g/mol. The van der Waals surface area contributed by atoms with E-state index in [1.807, 2.05) is 0 Å². The topological polar surface area (TPSA) is 96.7 Å². The van der Waals surface area contributed by atoms with E-state index in [0.29, 0.717) is 29.2 Å². The van der Waals surface area contributed by atoms with E-state index in [-0.39, 0.29) is 10.7 Å². The number of nitrogens with one attached hydrogen (secondary N) is 2. The molecule has 1 saturated heterocycles. The summed E-state index contributed by atoms with van der Waals surface area (Å²) >= 11 is 0. The summed E-state index contributed by atoms with van der Waals surface area (Å²) in [5.41, 5.74) is 1.65. The molecule has 0 radical (unpaired) electrons. The minimum absolute atomic E-state index is 0.0734. The van der Waals surface area contributed by atoms with Gasteiger partial charge in [-0.2, -0.15) is 0 Å². The first-order chi connectivity index (χ1) is 12.7. The first kappa shape index (κ1) is 19.5. The molecule has 0 bridgehead atoms. The Balaban J connectivity index is 1.94. The van der Waals surface area contributed by atoms with Gasteiger partial charge in [-0.25, -0.2) is 8.42 Å². The molecule has 1 fully saturated rings. The number of ether oxygens (including phenoxy) is 1. The van der Waals surface area contributed by atoms with Crippen LogP contribution in [0.4, 0.5) is 11.4 Å². The summed E-state index contributed by atoms with van der Waals surface area (Å²) in [6.07, 6.45) is 0. The molecule has 1 aromatic carbocycles. The molecule has 1 aliphatic heterocycles. The molecule has 0 spiro atoms. The first-order valence-corrected chi connectivity index (χ1v) is 10.3. The third-order valence-corrected chi connectivity index (χ3v) is 6.19. The Labute approximate surface area is 159 Å². The van der Waals surface area contributed by atoms with Crippen molar-refractivity contribution in [2.45, 2.75) is 44.7 Å². The lowest BCUT2D eigenvalue weighted by molar-refractivity contribution is 0.390. The zero-order valence-electron chi connectivity index (χ0n) is 16.2. The second kappa shape index (κ2) is 7.40. The highest BCUT2D eigenvalue weighted by molar-refractivity contribution is 7.92. The zero-order chi connectivity index (χ0) is 19.8. The lowest BCUT2D eigenvalue weighted by Gasteiger charge is -2.38. The molecule has 8 nitrogen and oxygen atoms in total. The van der Waals surface area contributed by atoms with Crippen molar-refractivity contribution in [1.82, 2.24) is 10.5 Å². The average Bonchev–Trinajstić information content (AvgIpc) is 2.93. The molecule has 1 aliphatic rings. The molecule has 2 unspecified atom stereocenters. The van der Waals surface area contributed by atoms with Crippen molar-refractivity contribution < 1.29 is 17.7 Å². The van der Waals surface area contributed by atoms with Crippen LogP contribution in [-0.2, 0) is 10.0 Å². The number of hydrogen-bond acceptors (Lipinski definition) is 7. The molecule has 0 aliphatic carbocycles. The van der Waals surface area contributed by atoms with E-state index in [1.165, 1.54) is 0 Å². The van der Waals surface area contributed by atoms with Crippen molar-refractivity contribution >= 4 is 21.4 Å². The Morgan fingerprint density at radius 2 is 1.93 bits per heavy atom. The summed E-state index contributed by atoms with van der Waals surface area (Å²) in [6.45, 7) is 9.05. The minimum atomic E-state index is -3.80. The maximum atomic E-state index is 12.8. The fourth-order valence-electron chi connectivity index (χ4n) is 3.59. The van der Waals surface area contributed by atoms with Crippen molar-refractivity contribution in [3.63, 3.8) is 0 Å². The number of benzene rings is 1. The second-order valence-corrected chi connectivity index (χ2v) is 8.64. The highest BCUT2D eigenvalue weighted by Crippen LogP contribution is 2.33. The van der Waals surface area contributed by atoms with Crippen molar-refractivity contribution in [3.8, 4) is 5.75 Å². The summed E-state index contributed by atoms with van der Waals surface area (Å²) in [5.74, 6) is 0.968. The van der Waals surface area contributed by atoms with E-state index in [9.17, 15) is 8.42 Å². The van der Waals surface area contributed by atoms with Crippen LogP contribution >= 0.6 is 0 Å². The molecule has 2 heterocycles. The normalized spacial score (nSPS) is 20.6. The molecule has 27 heavy (non-hydrogen) atoms. The molecule has 2 aromatic rings. The highest BCUT2D eigenvalue weighted by Gasteiger charge is 2.26. The number of rotatable bonds is 5. The van der Waals surface area contributed by atoms with Gasteiger partial charge in [0.15, 0.2) is 10.7 Å². The third kappa shape index (κ3) is 4.03. The van der Waals surface area contributed by atoms with E-state index in [2.05, 4.69) is 33.9 Å². The summed E-state index contributed by atoms with van der Waals surface area (Å²) in [5, 5.41) is 7.22. The van der Waals surface area contributed by atoms with Crippen LogP contribution in [0.5, 0.6) is 5.75 Å². The molecule has 9 heteroatoms. The SMILES string of the molecule is COc1ccc(NS(=O)(=O)c2c(C)noc2C)cc1N1CC(C)NC(C)C1. The fraction of sp³-hybridized carbons (Fsp3) is 0.500. The van der Waals surface area contributed by atoms with Gasteiger partial charge in [-0.1, -0.05) is 5.16 Å². The van der Waals surface area contributed by atoms with Crippen LogP contribution in [0.2, 0.25) is 0 Å². The van der Waals surface area contributed by atoms with Gasteiger partial charge in [-0.15, -0.1) is 0 Å². The van der Waals surface area contributed by atoms with Crippen molar-refractivity contribution in [2.75, 3.05) is 29.8 Å². The standard InChI is InChI=1S/C18H26N4O4S/c1-11-9-22(10-12(2)19-11)16-8-15(6-7-17(16)25-5)21-27(23,24)18-13(3)20-26-14(18)4/h6-8,11-12,19,21H,9-10H2,1-5H3. The maximum Gasteiger partial charge on any atom is 0.267 e. The van der Waals surface area contributed by atoms with E-state index in [4.69, 9.17) is 9.26 Å². The van der Waals surface area contributed by atoms with Gasteiger partial charge in [-0.3, -0.25) is 4.72 Å². The maximum absolute atomic E-state index is 12.8. The molecule has 2 atom stereocenters. The van der Waals surface area contributed by atoms with Crippen LogP contribution in [0.15, 0.2) is 27.6 Å². The summed E-state index contributed by atoms with van der Waals surface area (Å²) in [6, 6.07) is 5.91. The highest BCUT2D eigenvalue weighted by atomic mass is 32.2. The average molecular weight is 394 g/mol. The van der Waals surface area contributed by atoms with Gasteiger partial charge >= 0.3 is 0 Å². The fourth-order valence-corrected chi connectivity index (χ4v) is 4.97. The van der Waals surface area contributed by atoms with Gasteiger partial charge < -0.3 is 19.5 Å². The molecule has 148 valence electrons. The monoisotopic (exact) mass is 394 g/mol. The lowest BCUT2D eigenvalue weighted by atomic mass is 10.1. The minimum Gasteiger partial charge on any atom is -0.495 e. The van der Waals surface area contributed by atoms with E-state index >= 15 is 0 Å². The first-order valence-electron chi connectivity index (χ1n) is 8.86. The Morgan fingerprint density at radius 3 is 2.48 bits per heavy atom. The van der Waals surface area contributed by atoms with E-state index in [0.717, 1.165) is 18.8 Å². The molecule has 1 aromatic heterocycles. The molecular formula is C18H26N4O4S. The molecule has 0 saturated carbocycles. The third-order valence-electron chi connectivity index (χ3n) is 4.57. The molecule has 3 rings (SSSR count). The number of aryl methyl sites for hydroxylation is 2. The summed E-state index contributed by atoms with van der Waals surface area (Å²) in [4.78, 5) is 2.28. The number of aromatic nitrogens is 1. The number of piperazine rings is 1. The quantitative estimate of drug-likeness (QED) is 0.803. The number of anilines is 2.